The van der Waals surface area contributed by atoms with Crippen LogP contribution in [0.1, 0.15) is 65.5 Å². The molecule has 6 amide bonds. The number of nitrogens with one attached hydrogen (secondary N) is 3. The first-order valence-electron chi connectivity index (χ1n) is 12.7. The monoisotopic (exact) mass is 550 g/mol. The minimum absolute atomic E-state index is 0.0129. The highest BCUT2D eigenvalue weighted by Gasteiger charge is 2.46. The van der Waals surface area contributed by atoms with Crippen molar-refractivity contribution in [2.24, 2.45) is 0 Å². The van der Waals surface area contributed by atoms with E-state index in [9.17, 15) is 28.8 Å². The predicted octanol–water partition coefficient (Wildman–Crippen LogP) is 1.81. The summed E-state index contributed by atoms with van der Waals surface area (Å²) in [7, 11) is 0. The van der Waals surface area contributed by atoms with Crippen LogP contribution in [-0.4, -0.2) is 58.8 Å². The Hall–Kier alpha value is -4.74. The highest BCUT2D eigenvalue weighted by Crippen LogP contribution is 2.33. The minimum Gasteiger partial charge on any atom is -0.483 e. The fourth-order valence-corrected chi connectivity index (χ4v) is 4.26. The molecule has 1 unspecified atom stereocenters. The third-order valence-corrected chi connectivity index (χ3v) is 6.14. The number of carbonyl (C=O) groups excluding carboxylic acids is 6. The maximum Gasteiger partial charge on any atom is 0.407 e. The van der Waals surface area contributed by atoms with E-state index in [4.69, 9.17) is 9.47 Å². The molecule has 0 spiro atoms. The summed E-state index contributed by atoms with van der Waals surface area (Å²) in [5, 5.41) is 7.55. The molecule has 0 aliphatic carbocycles. The number of hydrogen-bond acceptors (Lipinski definition) is 8. The summed E-state index contributed by atoms with van der Waals surface area (Å²) in [6.45, 7) is 5.45. The van der Waals surface area contributed by atoms with Crippen molar-refractivity contribution in [2.45, 2.75) is 58.3 Å². The number of ether oxygens (including phenoxy) is 2. The minimum atomic E-state index is -1.10. The molecular weight excluding hydrogens is 520 g/mol. The molecule has 0 saturated carbocycles. The standard InChI is InChI=1S/C28H30N4O8/c1-28(2,3)40-27(38)30-14-17-9-7-16(8-10-17)13-29-22(34)15-39-20-6-4-5-18-23(20)26(37)32(25(18)36)19-11-12-21(33)31-24(19)35/h4-10,19H,11-15H2,1-3H3,(H,29,34)(H,30,38)(H,31,33,35). The van der Waals surface area contributed by atoms with Gasteiger partial charge < -0.3 is 20.1 Å². The zero-order valence-electron chi connectivity index (χ0n) is 22.4. The first-order chi connectivity index (χ1) is 18.9. The smallest absolute Gasteiger partial charge is 0.407 e. The van der Waals surface area contributed by atoms with E-state index in [0.717, 1.165) is 16.0 Å². The number of alkyl carbamates (subject to hydrolysis) is 1. The van der Waals surface area contributed by atoms with E-state index in [1.807, 2.05) is 24.3 Å². The Balaban J connectivity index is 1.29. The van der Waals surface area contributed by atoms with Gasteiger partial charge in [0.25, 0.3) is 17.7 Å². The van der Waals surface area contributed by atoms with E-state index in [-0.39, 0.29) is 36.3 Å². The van der Waals surface area contributed by atoms with E-state index in [1.165, 1.54) is 18.2 Å². The molecule has 2 aromatic rings. The number of imide groups is 2. The molecule has 4 rings (SSSR count). The van der Waals surface area contributed by atoms with Crippen LogP contribution in [0.5, 0.6) is 5.75 Å². The quantitative estimate of drug-likeness (QED) is 0.420. The lowest BCUT2D eigenvalue weighted by Gasteiger charge is -2.27. The van der Waals surface area contributed by atoms with Gasteiger partial charge in [-0.1, -0.05) is 30.3 Å². The number of rotatable bonds is 8. The molecule has 0 radical (unpaired) electrons. The zero-order valence-corrected chi connectivity index (χ0v) is 22.4. The van der Waals surface area contributed by atoms with Crippen molar-refractivity contribution in [3.05, 3.63) is 64.7 Å². The van der Waals surface area contributed by atoms with Crippen LogP contribution in [0.2, 0.25) is 0 Å². The molecule has 0 bridgehead atoms. The summed E-state index contributed by atoms with van der Waals surface area (Å²) < 4.78 is 10.8. The Labute approximate surface area is 230 Å². The van der Waals surface area contributed by atoms with Gasteiger partial charge in [-0.2, -0.15) is 0 Å². The maximum absolute atomic E-state index is 13.1. The molecule has 12 nitrogen and oxygen atoms in total. The summed E-state index contributed by atoms with van der Waals surface area (Å²) in [6, 6.07) is 10.6. The summed E-state index contributed by atoms with van der Waals surface area (Å²) in [5.41, 5.74) is 1.12. The topological polar surface area (TPSA) is 160 Å². The highest BCUT2D eigenvalue weighted by molar-refractivity contribution is 6.24. The third kappa shape index (κ3) is 6.63. The molecule has 3 N–H and O–H groups in total. The molecule has 2 heterocycles. The molecule has 1 atom stereocenters. The fraction of sp³-hybridized carbons (Fsp3) is 0.357. The first-order valence-corrected chi connectivity index (χ1v) is 12.7. The van der Waals surface area contributed by atoms with Gasteiger partial charge >= 0.3 is 6.09 Å². The van der Waals surface area contributed by atoms with Gasteiger partial charge in [0.1, 0.15) is 17.4 Å². The summed E-state index contributed by atoms with van der Waals surface area (Å²) in [5.74, 6) is -2.95. The van der Waals surface area contributed by atoms with Crippen LogP contribution >= 0.6 is 0 Å². The highest BCUT2D eigenvalue weighted by atomic mass is 16.6. The van der Waals surface area contributed by atoms with Gasteiger partial charge in [0.05, 0.1) is 11.1 Å². The van der Waals surface area contributed by atoms with Crippen LogP contribution in [0.15, 0.2) is 42.5 Å². The van der Waals surface area contributed by atoms with Crippen LogP contribution in [0.3, 0.4) is 0 Å². The van der Waals surface area contributed by atoms with E-state index in [1.54, 1.807) is 20.8 Å². The Kier molecular flexibility index (Phi) is 8.17. The molecule has 2 aliphatic heterocycles. The zero-order chi connectivity index (χ0) is 29.0. The molecular formula is C28H30N4O8. The van der Waals surface area contributed by atoms with Crippen molar-refractivity contribution >= 4 is 35.6 Å². The Bertz CT molecular complexity index is 1360. The van der Waals surface area contributed by atoms with E-state index in [0.29, 0.717) is 6.54 Å². The Morgan fingerprint density at radius 3 is 2.23 bits per heavy atom. The van der Waals surface area contributed by atoms with Gasteiger partial charge in [-0.3, -0.25) is 34.2 Å². The van der Waals surface area contributed by atoms with Crippen molar-refractivity contribution in [2.75, 3.05) is 6.61 Å². The van der Waals surface area contributed by atoms with Crippen molar-refractivity contribution in [3.63, 3.8) is 0 Å². The van der Waals surface area contributed by atoms with Crippen LogP contribution in [0, 0.1) is 0 Å². The van der Waals surface area contributed by atoms with Gasteiger partial charge in [0.15, 0.2) is 6.61 Å². The first kappa shape index (κ1) is 28.3. The summed E-state index contributed by atoms with van der Waals surface area (Å²) in [6.07, 6.45) is -0.461. The molecule has 210 valence electrons. The Morgan fingerprint density at radius 2 is 1.60 bits per heavy atom. The van der Waals surface area contributed by atoms with Gasteiger partial charge in [-0.15, -0.1) is 0 Å². The largest absolute Gasteiger partial charge is 0.483 e. The number of benzene rings is 2. The average molecular weight is 551 g/mol. The average Bonchev–Trinajstić information content (AvgIpc) is 3.15. The number of nitrogens with zero attached hydrogens (tertiary/aromatic N) is 1. The molecule has 40 heavy (non-hydrogen) atoms. The SMILES string of the molecule is CC(C)(C)OC(=O)NCc1ccc(CNC(=O)COc2cccc3c2C(=O)N(C2CCC(=O)NC2=O)C3=O)cc1. The molecule has 2 aromatic carbocycles. The number of piperidine rings is 1. The predicted molar refractivity (Wildman–Crippen MR) is 140 cm³/mol. The van der Waals surface area contributed by atoms with E-state index < -0.39 is 53.9 Å². The van der Waals surface area contributed by atoms with Crippen molar-refractivity contribution in [3.8, 4) is 5.75 Å². The van der Waals surface area contributed by atoms with Gasteiger partial charge in [-0.05, 0) is 50.5 Å². The van der Waals surface area contributed by atoms with E-state index in [2.05, 4.69) is 16.0 Å². The second-order valence-electron chi connectivity index (χ2n) is 10.4. The van der Waals surface area contributed by atoms with Crippen LogP contribution in [0.4, 0.5) is 4.79 Å². The lowest BCUT2D eigenvalue weighted by Crippen LogP contribution is -2.54. The van der Waals surface area contributed by atoms with Gasteiger partial charge in [0, 0.05) is 19.5 Å². The molecule has 0 aromatic heterocycles. The fourth-order valence-electron chi connectivity index (χ4n) is 4.26. The van der Waals surface area contributed by atoms with Crippen LogP contribution in [-0.2, 0) is 32.2 Å². The lowest BCUT2D eigenvalue weighted by atomic mass is 10.0. The molecule has 1 saturated heterocycles. The third-order valence-electron chi connectivity index (χ3n) is 6.14. The summed E-state index contributed by atoms with van der Waals surface area (Å²) >= 11 is 0. The Morgan fingerprint density at radius 1 is 0.950 bits per heavy atom. The normalized spacial score (nSPS) is 16.8. The maximum atomic E-state index is 13.1. The number of hydrogen-bond donors (Lipinski definition) is 3. The van der Waals surface area contributed by atoms with E-state index >= 15 is 0 Å². The van der Waals surface area contributed by atoms with Crippen molar-refractivity contribution in [1.82, 2.24) is 20.9 Å². The lowest BCUT2D eigenvalue weighted by molar-refractivity contribution is -0.136. The van der Waals surface area contributed by atoms with Gasteiger partial charge in [0.2, 0.25) is 11.8 Å². The molecule has 12 heteroatoms. The van der Waals surface area contributed by atoms with Crippen molar-refractivity contribution < 1.29 is 38.2 Å². The van der Waals surface area contributed by atoms with Crippen molar-refractivity contribution in [1.29, 1.82) is 0 Å². The summed E-state index contributed by atoms with van der Waals surface area (Å²) in [4.78, 5) is 74.8. The van der Waals surface area contributed by atoms with Gasteiger partial charge in [-0.25, -0.2) is 4.79 Å². The second-order valence-corrected chi connectivity index (χ2v) is 10.4. The van der Waals surface area contributed by atoms with Crippen LogP contribution in [0.25, 0.3) is 0 Å². The molecule has 2 aliphatic rings. The number of carbonyl (C=O) groups is 6. The second kappa shape index (κ2) is 11.6. The number of amides is 6. The molecule has 1 fully saturated rings. The number of fused-ring (bicyclic) bond motifs is 1. The van der Waals surface area contributed by atoms with Crippen LogP contribution < -0.4 is 20.7 Å².